The van der Waals surface area contributed by atoms with Gasteiger partial charge in [-0.2, -0.15) is 0 Å². The van der Waals surface area contributed by atoms with Crippen LogP contribution in [0, 0.1) is 11.8 Å². The van der Waals surface area contributed by atoms with Gasteiger partial charge in [-0.25, -0.2) is 4.79 Å². The smallest absolute Gasteiger partial charge is 0.326 e. The summed E-state index contributed by atoms with van der Waals surface area (Å²) in [5.41, 5.74) is 5.54. The molecular formula is C19H36N4O6. The van der Waals surface area contributed by atoms with Gasteiger partial charge in [-0.3, -0.25) is 14.4 Å². The van der Waals surface area contributed by atoms with Crippen molar-refractivity contribution in [2.45, 2.75) is 84.7 Å². The summed E-state index contributed by atoms with van der Waals surface area (Å²) in [6, 6.07) is -4.32. The molecule has 0 aliphatic rings. The number of carboxylic acids is 1. The molecule has 0 fully saturated rings. The van der Waals surface area contributed by atoms with E-state index < -0.39 is 54.0 Å². The zero-order valence-corrected chi connectivity index (χ0v) is 18.1. The van der Waals surface area contributed by atoms with E-state index in [0.717, 1.165) is 0 Å². The van der Waals surface area contributed by atoms with Gasteiger partial charge in [0.15, 0.2) is 0 Å². The van der Waals surface area contributed by atoms with Crippen molar-refractivity contribution in [1.82, 2.24) is 16.0 Å². The Bertz CT molecular complexity index is 581. The predicted octanol–water partition coefficient (Wildman–Crippen LogP) is -0.654. The van der Waals surface area contributed by atoms with E-state index in [1.165, 1.54) is 13.8 Å². The minimum Gasteiger partial charge on any atom is -0.480 e. The molecule has 0 bridgehead atoms. The summed E-state index contributed by atoms with van der Waals surface area (Å²) in [4.78, 5) is 48.7. The molecule has 7 N–H and O–H groups in total. The van der Waals surface area contributed by atoms with Crippen LogP contribution in [0.15, 0.2) is 0 Å². The van der Waals surface area contributed by atoms with Crippen molar-refractivity contribution in [2.24, 2.45) is 17.6 Å². The molecule has 0 aromatic rings. The summed E-state index contributed by atoms with van der Waals surface area (Å²) in [7, 11) is 0. The van der Waals surface area contributed by atoms with Gasteiger partial charge >= 0.3 is 5.97 Å². The molecule has 0 rings (SSSR count). The first kappa shape index (κ1) is 26.8. The van der Waals surface area contributed by atoms with Crippen molar-refractivity contribution in [3.05, 3.63) is 0 Å². The van der Waals surface area contributed by atoms with E-state index in [9.17, 15) is 29.4 Å². The van der Waals surface area contributed by atoms with E-state index in [1.54, 1.807) is 20.8 Å². The Balaban J connectivity index is 5.46. The van der Waals surface area contributed by atoms with Gasteiger partial charge < -0.3 is 31.9 Å². The monoisotopic (exact) mass is 416 g/mol. The minimum absolute atomic E-state index is 0.262. The van der Waals surface area contributed by atoms with Gasteiger partial charge in [0.05, 0.1) is 12.1 Å². The Morgan fingerprint density at radius 2 is 1.14 bits per heavy atom. The van der Waals surface area contributed by atoms with Gasteiger partial charge in [-0.1, -0.05) is 40.5 Å². The Kier molecular flexibility index (Phi) is 11.4. The normalized spacial score (nSPS) is 18.3. The number of aliphatic hydroxyl groups is 1. The first-order chi connectivity index (χ1) is 13.4. The number of rotatable bonds is 12. The van der Waals surface area contributed by atoms with Crippen molar-refractivity contribution in [1.29, 1.82) is 0 Å². The van der Waals surface area contributed by atoms with Gasteiger partial charge in [0.2, 0.25) is 17.7 Å². The molecule has 0 saturated carbocycles. The average Bonchev–Trinajstić information content (AvgIpc) is 2.65. The molecule has 10 heteroatoms. The fourth-order valence-electron chi connectivity index (χ4n) is 2.56. The van der Waals surface area contributed by atoms with Crippen LogP contribution >= 0.6 is 0 Å². The standard InChI is InChI=1S/C19H36N4O6/c1-7-9(3)13(21-16(25)11(5)20)17(26)23-15(12(6)24)18(27)22-14(19(28)29)10(4)8-2/h9-15,24H,7-8,20H2,1-6H3,(H,21,25)(H,22,27)(H,23,26)(H,28,29). The number of nitrogens with two attached hydrogens (primary N) is 1. The molecule has 29 heavy (non-hydrogen) atoms. The molecule has 7 unspecified atom stereocenters. The second-order valence-corrected chi connectivity index (χ2v) is 7.60. The van der Waals surface area contributed by atoms with Gasteiger partial charge in [0.25, 0.3) is 0 Å². The van der Waals surface area contributed by atoms with E-state index in [0.29, 0.717) is 12.8 Å². The molecule has 0 saturated heterocycles. The Morgan fingerprint density at radius 1 is 0.759 bits per heavy atom. The van der Waals surface area contributed by atoms with Crippen LogP contribution in [0.5, 0.6) is 0 Å². The lowest BCUT2D eigenvalue weighted by atomic mass is 9.96. The van der Waals surface area contributed by atoms with E-state index in [1.807, 2.05) is 6.92 Å². The summed E-state index contributed by atoms with van der Waals surface area (Å²) < 4.78 is 0. The molecule has 0 radical (unpaired) electrons. The summed E-state index contributed by atoms with van der Waals surface area (Å²) in [6.45, 7) is 9.85. The summed E-state index contributed by atoms with van der Waals surface area (Å²) in [6.07, 6.45) is -0.202. The number of aliphatic hydroxyl groups excluding tert-OH is 1. The van der Waals surface area contributed by atoms with Crippen LogP contribution in [0.4, 0.5) is 0 Å². The molecule has 3 amide bonds. The highest BCUT2D eigenvalue weighted by atomic mass is 16.4. The van der Waals surface area contributed by atoms with Gasteiger partial charge in [-0.05, 0) is 25.7 Å². The maximum atomic E-state index is 12.8. The largest absolute Gasteiger partial charge is 0.480 e. The fourth-order valence-corrected chi connectivity index (χ4v) is 2.56. The maximum absolute atomic E-state index is 12.8. The first-order valence-electron chi connectivity index (χ1n) is 9.94. The molecule has 0 aliphatic heterocycles. The first-order valence-corrected chi connectivity index (χ1v) is 9.94. The van der Waals surface area contributed by atoms with E-state index >= 15 is 0 Å². The Morgan fingerprint density at radius 3 is 1.52 bits per heavy atom. The van der Waals surface area contributed by atoms with E-state index in [-0.39, 0.29) is 11.8 Å². The number of carbonyl (C=O) groups is 4. The van der Waals surface area contributed by atoms with Crippen molar-refractivity contribution >= 4 is 23.7 Å². The van der Waals surface area contributed by atoms with Crippen LogP contribution in [0.3, 0.4) is 0 Å². The number of amides is 3. The van der Waals surface area contributed by atoms with Gasteiger partial charge in [-0.15, -0.1) is 0 Å². The number of hydrogen-bond donors (Lipinski definition) is 6. The second kappa shape index (κ2) is 12.4. The fraction of sp³-hybridized carbons (Fsp3) is 0.789. The van der Waals surface area contributed by atoms with E-state index in [2.05, 4.69) is 16.0 Å². The van der Waals surface area contributed by atoms with Crippen molar-refractivity contribution in [3.8, 4) is 0 Å². The molecule has 7 atom stereocenters. The lowest BCUT2D eigenvalue weighted by molar-refractivity contribution is -0.144. The lowest BCUT2D eigenvalue weighted by Crippen LogP contribution is -2.61. The molecule has 0 aromatic carbocycles. The third-order valence-corrected chi connectivity index (χ3v) is 5.05. The Labute approximate surface area is 172 Å². The zero-order chi connectivity index (χ0) is 22.9. The number of carbonyl (C=O) groups excluding carboxylic acids is 3. The predicted molar refractivity (Wildman–Crippen MR) is 108 cm³/mol. The lowest BCUT2D eigenvalue weighted by Gasteiger charge is -2.29. The topological polar surface area (TPSA) is 171 Å². The van der Waals surface area contributed by atoms with Crippen molar-refractivity contribution < 1.29 is 29.4 Å². The molecule has 168 valence electrons. The van der Waals surface area contributed by atoms with Crippen LogP contribution in [-0.2, 0) is 19.2 Å². The van der Waals surface area contributed by atoms with Crippen LogP contribution in [0.1, 0.15) is 54.4 Å². The molecule has 10 nitrogen and oxygen atoms in total. The molecule has 0 aromatic heterocycles. The third kappa shape index (κ3) is 8.36. The van der Waals surface area contributed by atoms with Crippen molar-refractivity contribution in [2.75, 3.05) is 0 Å². The van der Waals surface area contributed by atoms with Crippen molar-refractivity contribution in [3.63, 3.8) is 0 Å². The minimum atomic E-state index is -1.38. The number of aliphatic carboxylic acids is 1. The summed E-state index contributed by atoms with van der Waals surface area (Å²) >= 11 is 0. The highest BCUT2D eigenvalue weighted by Crippen LogP contribution is 2.11. The third-order valence-electron chi connectivity index (χ3n) is 5.05. The number of carboxylic acid groups (broad SMARTS) is 1. The second-order valence-electron chi connectivity index (χ2n) is 7.60. The van der Waals surface area contributed by atoms with Crippen LogP contribution in [-0.4, -0.2) is 64.2 Å². The molecule has 0 spiro atoms. The van der Waals surface area contributed by atoms with Gasteiger partial charge in [0, 0.05) is 0 Å². The molecular weight excluding hydrogens is 380 g/mol. The molecule has 0 aliphatic carbocycles. The van der Waals surface area contributed by atoms with Crippen LogP contribution < -0.4 is 21.7 Å². The highest BCUT2D eigenvalue weighted by Gasteiger charge is 2.35. The quantitative estimate of drug-likeness (QED) is 0.245. The zero-order valence-electron chi connectivity index (χ0n) is 18.1. The van der Waals surface area contributed by atoms with Gasteiger partial charge in [0.1, 0.15) is 18.1 Å². The molecule has 0 heterocycles. The highest BCUT2D eigenvalue weighted by molar-refractivity contribution is 5.94. The Hall–Kier alpha value is -2.20. The number of nitrogens with one attached hydrogen (secondary N) is 3. The summed E-state index contributed by atoms with van der Waals surface area (Å²) in [5, 5.41) is 26.7. The van der Waals surface area contributed by atoms with Crippen LogP contribution in [0.2, 0.25) is 0 Å². The van der Waals surface area contributed by atoms with Crippen LogP contribution in [0.25, 0.3) is 0 Å². The van der Waals surface area contributed by atoms with E-state index in [4.69, 9.17) is 5.73 Å². The SMILES string of the molecule is CCC(C)C(NC(=O)C(NC(=O)C(NC(=O)C(C)N)C(C)CC)C(C)O)C(=O)O. The summed E-state index contributed by atoms with van der Waals surface area (Å²) in [5.74, 6) is -3.81. The maximum Gasteiger partial charge on any atom is 0.326 e. The number of hydrogen-bond acceptors (Lipinski definition) is 6. The average molecular weight is 417 g/mol.